The van der Waals surface area contributed by atoms with Crippen molar-refractivity contribution in [3.8, 4) is 0 Å². The van der Waals surface area contributed by atoms with Crippen LogP contribution in [-0.4, -0.2) is 23.5 Å². The van der Waals surface area contributed by atoms with Crippen molar-refractivity contribution in [2.45, 2.75) is 6.42 Å². The molecule has 0 spiro atoms. The summed E-state index contributed by atoms with van der Waals surface area (Å²) in [5.74, 6) is -1.18. The molecule has 1 amide bonds. The van der Waals surface area contributed by atoms with Crippen LogP contribution in [0.4, 0.5) is 0 Å². The molecule has 0 aliphatic carbocycles. The first kappa shape index (κ1) is 13.3. The van der Waals surface area contributed by atoms with Crippen LogP contribution in [0, 0.1) is 0 Å². The van der Waals surface area contributed by atoms with Gasteiger partial charge >= 0.3 is 5.97 Å². The van der Waals surface area contributed by atoms with Crippen LogP contribution in [0.1, 0.15) is 26.3 Å². The smallest absolute Gasteiger partial charge is 0.335 e. The molecular formula is C14H13NO3S. The molecule has 5 heteroatoms. The first-order chi connectivity index (χ1) is 9.16. The number of hydrogen-bond donors (Lipinski definition) is 2. The van der Waals surface area contributed by atoms with Gasteiger partial charge in [0.2, 0.25) is 0 Å². The van der Waals surface area contributed by atoms with Gasteiger partial charge < -0.3 is 10.4 Å². The molecule has 0 saturated carbocycles. The summed E-state index contributed by atoms with van der Waals surface area (Å²) in [4.78, 5) is 22.5. The van der Waals surface area contributed by atoms with Gasteiger partial charge in [-0.3, -0.25) is 4.79 Å². The number of carboxylic acid groups (broad SMARTS) is 1. The van der Waals surface area contributed by atoms with E-state index in [2.05, 4.69) is 5.32 Å². The Labute approximate surface area is 114 Å². The third-order valence-electron chi connectivity index (χ3n) is 2.67. The molecule has 0 aliphatic heterocycles. The normalized spacial score (nSPS) is 10.1. The minimum absolute atomic E-state index is 0.176. The van der Waals surface area contributed by atoms with E-state index < -0.39 is 5.97 Å². The maximum Gasteiger partial charge on any atom is 0.335 e. The summed E-state index contributed by atoms with van der Waals surface area (Å²) >= 11 is 1.63. The Morgan fingerprint density at radius 2 is 1.79 bits per heavy atom. The molecule has 1 aromatic heterocycles. The van der Waals surface area contributed by atoms with E-state index in [0.717, 1.165) is 6.42 Å². The van der Waals surface area contributed by atoms with Crippen molar-refractivity contribution in [3.63, 3.8) is 0 Å². The minimum Gasteiger partial charge on any atom is -0.478 e. The van der Waals surface area contributed by atoms with Crippen LogP contribution in [0.25, 0.3) is 0 Å². The van der Waals surface area contributed by atoms with Gasteiger partial charge in [-0.05, 0) is 53.1 Å². The minimum atomic E-state index is -0.996. The monoisotopic (exact) mass is 275 g/mol. The van der Waals surface area contributed by atoms with Crippen LogP contribution < -0.4 is 5.32 Å². The van der Waals surface area contributed by atoms with Crippen molar-refractivity contribution < 1.29 is 14.7 Å². The standard InChI is InChI=1S/C14H13NO3S/c16-13(15-7-5-10-6-8-19-9-10)11-1-3-12(4-2-11)14(17)18/h1-4,6,8-9H,5,7H2,(H,15,16)(H,17,18). The van der Waals surface area contributed by atoms with Crippen molar-refractivity contribution in [3.05, 3.63) is 57.8 Å². The second-order valence-electron chi connectivity index (χ2n) is 4.02. The van der Waals surface area contributed by atoms with Crippen LogP contribution in [0.5, 0.6) is 0 Å². The summed E-state index contributed by atoms with van der Waals surface area (Å²) < 4.78 is 0. The number of hydrogen-bond acceptors (Lipinski definition) is 3. The summed E-state index contributed by atoms with van der Waals surface area (Å²) in [6.45, 7) is 0.566. The molecule has 0 fully saturated rings. The van der Waals surface area contributed by atoms with E-state index in [1.165, 1.54) is 29.8 Å². The number of nitrogens with one attached hydrogen (secondary N) is 1. The Morgan fingerprint density at radius 1 is 1.11 bits per heavy atom. The van der Waals surface area contributed by atoms with Gasteiger partial charge in [0.25, 0.3) is 5.91 Å². The molecule has 0 bridgehead atoms. The largest absolute Gasteiger partial charge is 0.478 e. The molecule has 0 unspecified atom stereocenters. The van der Waals surface area contributed by atoms with Crippen molar-refractivity contribution in [1.82, 2.24) is 5.32 Å². The van der Waals surface area contributed by atoms with Crippen LogP contribution in [-0.2, 0) is 6.42 Å². The van der Waals surface area contributed by atoms with Gasteiger partial charge in [0.15, 0.2) is 0 Å². The number of rotatable bonds is 5. The molecule has 0 radical (unpaired) electrons. The highest BCUT2D eigenvalue weighted by molar-refractivity contribution is 7.07. The van der Waals surface area contributed by atoms with Crippen molar-refractivity contribution in [2.24, 2.45) is 0 Å². The predicted octanol–water partition coefficient (Wildman–Crippen LogP) is 2.42. The number of carbonyl (C=O) groups is 2. The molecule has 1 aromatic carbocycles. The van der Waals surface area contributed by atoms with E-state index in [-0.39, 0.29) is 11.5 Å². The Balaban J connectivity index is 1.87. The lowest BCUT2D eigenvalue weighted by atomic mass is 10.1. The summed E-state index contributed by atoms with van der Waals surface area (Å²) in [6.07, 6.45) is 0.794. The van der Waals surface area contributed by atoms with Crippen LogP contribution >= 0.6 is 11.3 Å². The second kappa shape index (κ2) is 6.15. The van der Waals surface area contributed by atoms with Crippen LogP contribution in [0.15, 0.2) is 41.1 Å². The second-order valence-corrected chi connectivity index (χ2v) is 4.80. The fraction of sp³-hybridized carbons (Fsp3) is 0.143. The first-order valence-electron chi connectivity index (χ1n) is 5.79. The number of carbonyl (C=O) groups excluding carboxylic acids is 1. The first-order valence-corrected chi connectivity index (χ1v) is 6.74. The highest BCUT2D eigenvalue weighted by Gasteiger charge is 2.07. The van der Waals surface area contributed by atoms with E-state index in [1.54, 1.807) is 11.3 Å². The third kappa shape index (κ3) is 3.66. The van der Waals surface area contributed by atoms with Gasteiger partial charge in [-0.25, -0.2) is 4.79 Å². The van der Waals surface area contributed by atoms with Crippen LogP contribution in [0.2, 0.25) is 0 Å². The lowest BCUT2D eigenvalue weighted by Gasteiger charge is -2.04. The molecule has 0 atom stereocenters. The average Bonchev–Trinajstić information content (AvgIpc) is 2.92. The molecule has 1 heterocycles. The maximum atomic E-state index is 11.8. The number of amides is 1. The quantitative estimate of drug-likeness (QED) is 0.880. The molecular weight excluding hydrogens is 262 g/mol. The maximum absolute atomic E-state index is 11.8. The number of thiophene rings is 1. The van der Waals surface area contributed by atoms with Gasteiger partial charge in [0.1, 0.15) is 0 Å². The Morgan fingerprint density at radius 3 is 2.37 bits per heavy atom. The third-order valence-corrected chi connectivity index (χ3v) is 3.41. The number of carboxylic acids is 1. The molecule has 2 aromatic rings. The molecule has 19 heavy (non-hydrogen) atoms. The fourth-order valence-corrected chi connectivity index (χ4v) is 2.32. The molecule has 2 N–H and O–H groups in total. The lowest BCUT2D eigenvalue weighted by molar-refractivity contribution is 0.0696. The van der Waals surface area contributed by atoms with Gasteiger partial charge in [0, 0.05) is 12.1 Å². The average molecular weight is 275 g/mol. The zero-order chi connectivity index (χ0) is 13.7. The Kier molecular flexibility index (Phi) is 4.30. The number of aromatic carboxylic acids is 1. The van der Waals surface area contributed by atoms with Gasteiger partial charge in [-0.2, -0.15) is 11.3 Å². The molecule has 2 rings (SSSR count). The van der Waals surface area contributed by atoms with Crippen molar-refractivity contribution >= 4 is 23.2 Å². The molecule has 98 valence electrons. The van der Waals surface area contributed by atoms with Crippen molar-refractivity contribution in [1.29, 1.82) is 0 Å². The van der Waals surface area contributed by atoms with Gasteiger partial charge in [0.05, 0.1) is 5.56 Å². The SMILES string of the molecule is O=C(O)c1ccc(C(=O)NCCc2ccsc2)cc1. The molecule has 0 saturated heterocycles. The van der Waals surface area contributed by atoms with E-state index in [9.17, 15) is 9.59 Å². The van der Waals surface area contributed by atoms with E-state index >= 15 is 0 Å². The van der Waals surface area contributed by atoms with E-state index in [1.807, 2.05) is 16.8 Å². The van der Waals surface area contributed by atoms with Crippen LogP contribution in [0.3, 0.4) is 0 Å². The molecule has 0 aliphatic rings. The summed E-state index contributed by atoms with van der Waals surface area (Å²) in [5.41, 5.74) is 1.84. The number of benzene rings is 1. The lowest BCUT2D eigenvalue weighted by Crippen LogP contribution is -2.25. The Hall–Kier alpha value is -2.14. The zero-order valence-electron chi connectivity index (χ0n) is 10.1. The topological polar surface area (TPSA) is 66.4 Å². The highest BCUT2D eigenvalue weighted by atomic mass is 32.1. The highest BCUT2D eigenvalue weighted by Crippen LogP contribution is 2.07. The van der Waals surface area contributed by atoms with E-state index in [0.29, 0.717) is 12.1 Å². The Bertz CT molecular complexity index is 561. The predicted molar refractivity (Wildman–Crippen MR) is 73.8 cm³/mol. The molecule has 4 nitrogen and oxygen atoms in total. The van der Waals surface area contributed by atoms with Gasteiger partial charge in [-0.1, -0.05) is 0 Å². The summed E-state index contributed by atoms with van der Waals surface area (Å²) in [5, 5.41) is 15.6. The van der Waals surface area contributed by atoms with E-state index in [4.69, 9.17) is 5.11 Å². The zero-order valence-corrected chi connectivity index (χ0v) is 10.9. The summed E-state index contributed by atoms with van der Waals surface area (Å²) in [6, 6.07) is 7.91. The van der Waals surface area contributed by atoms with Gasteiger partial charge in [-0.15, -0.1) is 0 Å². The summed E-state index contributed by atoms with van der Waals surface area (Å²) in [7, 11) is 0. The fourth-order valence-electron chi connectivity index (χ4n) is 1.62. The van der Waals surface area contributed by atoms with Crippen molar-refractivity contribution in [2.75, 3.05) is 6.54 Å².